The highest BCUT2D eigenvalue weighted by Gasteiger charge is 2.00. The zero-order chi connectivity index (χ0) is 9.68. The number of carbonyl (C=O) groups is 1. The van der Waals surface area contributed by atoms with E-state index in [-0.39, 0.29) is 0 Å². The van der Waals surface area contributed by atoms with Gasteiger partial charge in [0.2, 0.25) is 0 Å². The maximum Gasteiger partial charge on any atom is 0.120 e. The minimum Gasteiger partial charge on any atom is -0.389 e. The lowest BCUT2D eigenvalue weighted by atomic mass is 10.0. The van der Waals surface area contributed by atoms with Gasteiger partial charge in [0.25, 0.3) is 0 Å². The van der Waals surface area contributed by atoms with Gasteiger partial charge in [-0.15, -0.1) is 0 Å². The van der Waals surface area contributed by atoms with Gasteiger partial charge in [0.1, 0.15) is 6.29 Å². The van der Waals surface area contributed by atoms with Crippen molar-refractivity contribution in [2.45, 2.75) is 25.9 Å². The minimum atomic E-state index is -0.434. The molecule has 0 amide bonds. The molecule has 2 heteroatoms. The third-order valence-electron chi connectivity index (χ3n) is 1.98. The van der Waals surface area contributed by atoms with Crippen LogP contribution >= 0.6 is 0 Å². The van der Waals surface area contributed by atoms with E-state index >= 15 is 0 Å². The summed E-state index contributed by atoms with van der Waals surface area (Å²) < 4.78 is 0. The lowest BCUT2D eigenvalue weighted by Crippen LogP contribution is -1.93. The SMILES string of the molecule is CC(O)c1cccc(CCC=O)c1. The first kappa shape index (κ1) is 9.93. The number of aryl methyl sites for hydroxylation is 1. The van der Waals surface area contributed by atoms with E-state index in [1.54, 1.807) is 6.92 Å². The van der Waals surface area contributed by atoms with Gasteiger partial charge >= 0.3 is 0 Å². The van der Waals surface area contributed by atoms with Crippen LogP contribution in [0.2, 0.25) is 0 Å². The number of benzene rings is 1. The van der Waals surface area contributed by atoms with Crippen molar-refractivity contribution in [2.24, 2.45) is 0 Å². The molecule has 0 spiro atoms. The number of aldehydes is 1. The predicted molar refractivity (Wildman–Crippen MR) is 51.5 cm³/mol. The largest absolute Gasteiger partial charge is 0.389 e. The first-order valence-corrected chi connectivity index (χ1v) is 4.44. The van der Waals surface area contributed by atoms with E-state index in [9.17, 15) is 9.90 Å². The standard InChI is InChI=1S/C11H14O2/c1-9(13)11-6-2-4-10(8-11)5-3-7-12/h2,4,6-9,13H,3,5H2,1H3. The van der Waals surface area contributed by atoms with Gasteiger partial charge in [0.05, 0.1) is 6.10 Å². The summed E-state index contributed by atoms with van der Waals surface area (Å²) in [6, 6.07) is 7.70. The Morgan fingerprint density at radius 3 is 2.92 bits per heavy atom. The molecule has 1 aromatic rings. The van der Waals surface area contributed by atoms with Gasteiger partial charge in [0, 0.05) is 6.42 Å². The third-order valence-corrected chi connectivity index (χ3v) is 1.98. The quantitative estimate of drug-likeness (QED) is 0.715. The van der Waals surface area contributed by atoms with Crippen LogP contribution in [0.15, 0.2) is 24.3 Å². The van der Waals surface area contributed by atoms with Crippen LogP contribution in [0, 0.1) is 0 Å². The molecule has 0 saturated carbocycles. The van der Waals surface area contributed by atoms with Crippen molar-refractivity contribution >= 4 is 6.29 Å². The number of aliphatic hydroxyl groups excluding tert-OH is 1. The predicted octanol–water partition coefficient (Wildman–Crippen LogP) is 1.87. The van der Waals surface area contributed by atoms with Crippen molar-refractivity contribution in [3.63, 3.8) is 0 Å². The molecular formula is C11H14O2. The molecule has 1 unspecified atom stereocenters. The Kier molecular flexibility index (Phi) is 3.65. The van der Waals surface area contributed by atoms with E-state index in [1.807, 2.05) is 24.3 Å². The Morgan fingerprint density at radius 1 is 1.54 bits per heavy atom. The molecule has 70 valence electrons. The lowest BCUT2D eigenvalue weighted by molar-refractivity contribution is -0.107. The molecule has 0 radical (unpaired) electrons. The normalized spacial score (nSPS) is 12.5. The van der Waals surface area contributed by atoms with Crippen LogP contribution < -0.4 is 0 Å². The van der Waals surface area contributed by atoms with E-state index < -0.39 is 6.10 Å². The van der Waals surface area contributed by atoms with E-state index in [0.717, 1.165) is 23.8 Å². The van der Waals surface area contributed by atoms with Crippen molar-refractivity contribution in [3.8, 4) is 0 Å². The van der Waals surface area contributed by atoms with E-state index in [4.69, 9.17) is 0 Å². The Balaban J connectivity index is 2.73. The van der Waals surface area contributed by atoms with Crippen LogP contribution in [0.5, 0.6) is 0 Å². The molecule has 0 saturated heterocycles. The van der Waals surface area contributed by atoms with Crippen molar-refractivity contribution in [3.05, 3.63) is 35.4 Å². The van der Waals surface area contributed by atoms with Crippen LogP contribution in [-0.2, 0) is 11.2 Å². The zero-order valence-electron chi connectivity index (χ0n) is 7.73. The van der Waals surface area contributed by atoms with Crippen LogP contribution in [0.4, 0.5) is 0 Å². The molecule has 0 fully saturated rings. The van der Waals surface area contributed by atoms with E-state index in [1.165, 1.54) is 0 Å². The number of hydrogen-bond acceptors (Lipinski definition) is 2. The molecule has 2 nitrogen and oxygen atoms in total. The number of hydrogen-bond donors (Lipinski definition) is 1. The second kappa shape index (κ2) is 4.77. The van der Waals surface area contributed by atoms with Crippen molar-refractivity contribution in [1.29, 1.82) is 0 Å². The van der Waals surface area contributed by atoms with Gasteiger partial charge in [-0.05, 0) is 24.5 Å². The second-order valence-corrected chi connectivity index (χ2v) is 3.13. The molecule has 1 rings (SSSR count). The number of rotatable bonds is 4. The summed E-state index contributed by atoms with van der Waals surface area (Å²) in [5.74, 6) is 0. The average molecular weight is 178 g/mol. The summed E-state index contributed by atoms with van der Waals surface area (Å²) in [5, 5.41) is 9.30. The van der Waals surface area contributed by atoms with Gasteiger partial charge in [-0.3, -0.25) is 0 Å². The molecule has 13 heavy (non-hydrogen) atoms. The fraction of sp³-hybridized carbons (Fsp3) is 0.364. The van der Waals surface area contributed by atoms with Crippen LogP contribution in [0.25, 0.3) is 0 Å². The smallest absolute Gasteiger partial charge is 0.120 e. The fourth-order valence-corrected chi connectivity index (χ4v) is 1.23. The highest BCUT2D eigenvalue weighted by atomic mass is 16.3. The first-order valence-electron chi connectivity index (χ1n) is 4.44. The number of carbonyl (C=O) groups excluding carboxylic acids is 1. The maximum atomic E-state index is 10.1. The average Bonchev–Trinajstić information content (AvgIpc) is 2.15. The Labute approximate surface area is 78.2 Å². The van der Waals surface area contributed by atoms with E-state index in [2.05, 4.69) is 0 Å². The molecule has 1 atom stereocenters. The minimum absolute atomic E-state index is 0.434. The molecule has 1 aromatic carbocycles. The molecule has 1 N–H and O–H groups in total. The molecular weight excluding hydrogens is 164 g/mol. The zero-order valence-corrected chi connectivity index (χ0v) is 7.73. The molecule has 0 aromatic heterocycles. The molecule has 0 heterocycles. The van der Waals surface area contributed by atoms with Crippen LogP contribution in [0.3, 0.4) is 0 Å². The van der Waals surface area contributed by atoms with Crippen molar-refractivity contribution in [2.75, 3.05) is 0 Å². The second-order valence-electron chi connectivity index (χ2n) is 3.13. The molecule has 0 bridgehead atoms. The highest BCUT2D eigenvalue weighted by Crippen LogP contribution is 2.14. The Hall–Kier alpha value is -1.15. The number of aliphatic hydroxyl groups is 1. The Morgan fingerprint density at radius 2 is 2.31 bits per heavy atom. The first-order chi connectivity index (χ1) is 6.24. The molecule has 0 aliphatic rings. The van der Waals surface area contributed by atoms with Gasteiger partial charge in [0.15, 0.2) is 0 Å². The van der Waals surface area contributed by atoms with Crippen molar-refractivity contribution < 1.29 is 9.90 Å². The monoisotopic (exact) mass is 178 g/mol. The summed E-state index contributed by atoms with van der Waals surface area (Å²) in [5.41, 5.74) is 2.01. The van der Waals surface area contributed by atoms with Crippen LogP contribution in [0.1, 0.15) is 30.6 Å². The third kappa shape index (κ3) is 2.99. The fourth-order valence-electron chi connectivity index (χ4n) is 1.23. The molecule has 0 aliphatic carbocycles. The van der Waals surface area contributed by atoms with Crippen LogP contribution in [-0.4, -0.2) is 11.4 Å². The lowest BCUT2D eigenvalue weighted by Gasteiger charge is -2.06. The van der Waals surface area contributed by atoms with E-state index in [0.29, 0.717) is 6.42 Å². The summed E-state index contributed by atoms with van der Waals surface area (Å²) in [4.78, 5) is 10.1. The highest BCUT2D eigenvalue weighted by molar-refractivity contribution is 5.50. The van der Waals surface area contributed by atoms with Gasteiger partial charge in [-0.25, -0.2) is 0 Å². The summed E-state index contributed by atoms with van der Waals surface area (Å²) in [6.45, 7) is 1.73. The topological polar surface area (TPSA) is 37.3 Å². The van der Waals surface area contributed by atoms with Gasteiger partial charge in [-0.1, -0.05) is 24.3 Å². The summed E-state index contributed by atoms with van der Waals surface area (Å²) >= 11 is 0. The summed E-state index contributed by atoms with van der Waals surface area (Å²) in [6.07, 6.45) is 1.78. The maximum absolute atomic E-state index is 10.1. The van der Waals surface area contributed by atoms with Gasteiger partial charge < -0.3 is 9.90 Å². The Bertz CT molecular complexity index is 279. The molecule has 0 aliphatic heterocycles. The van der Waals surface area contributed by atoms with Crippen molar-refractivity contribution in [1.82, 2.24) is 0 Å². The summed E-state index contributed by atoms with van der Waals surface area (Å²) in [7, 11) is 0. The van der Waals surface area contributed by atoms with Gasteiger partial charge in [-0.2, -0.15) is 0 Å².